The number of carbonyl (C=O) groups is 1. The van der Waals surface area contributed by atoms with E-state index in [0.29, 0.717) is 32.7 Å². The van der Waals surface area contributed by atoms with Crippen molar-refractivity contribution in [3.63, 3.8) is 0 Å². The van der Waals surface area contributed by atoms with Crippen molar-refractivity contribution in [2.75, 3.05) is 33.4 Å². The van der Waals surface area contributed by atoms with Gasteiger partial charge in [-0.25, -0.2) is 0 Å². The van der Waals surface area contributed by atoms with Gasteiger partial charge in [0.1, 0.15) is 0 Å². The Labute approximate surface area is 212 Å². The van der Waals surface area contributed by atoms with Crippen LogP contribution in [0.4, 0.5) is 0 Å². The molecule has 1 N–H and O–H groups in total. The number of benzene rings is 1. The second kappa shape index (κ2) is 13.3. The van der Waals surface area contributed by atoms with Gasteiger partial charge in [-0.15, -0.1) is 11.3 Å². The summed E-state index contributed by atoms with van der Waals surface area (Å²) in [5.74, 6) is 0.0502. The molecular weight excluding hydrogens is 462 g/mol. The molecule has 4 atom stereocenters. The van der Waals surface area contributed by atoms with Crippen LogP contribution in [0.1, 0.15) is 37.7 Å². The van der Waals surface area contributed by atoms with E-state index in [2.05, 4.69) is 52.8 Å². The minimum Gasteiger partial charge on any atom is -0.469 e. The molecule has 6 nitrogen and oxygen atoms in total. The Bertz CT molecular complexity index is 940. The summed E-state index contributed by atoms with van der Waals surface area (Å²) < 4.78 is 16.7. The molecule has 1 aliphatic carbocycles. The molecule has 35 heavy (non-hydrogen) atoms. The third-order valence-electron chi connectivity index (χ3n) is 6.98. The molecular formula is C28H37NO5S. The van der Waals surface area contributed by atoms with Crippen molar-refractivity contribution in [2.24, 2.45) is 5.92 Å². The fourth-order valence-electron chi connectivity index (χ4n) is 5.18. The minimum absolute atomic E-state index is 0.00219. The number of ether oxygens (including phenoxy) is 3. The highest BCUT2D eigenvalue weighted by molar-refractivity contribution is 7.13. The zero-order valence-corrected chi connectivity index (χ0v) is 21.3. The van der Waals surface area contributed by atoms with Gasteiger partial charge in [0.15, 0.2) is 0 Å². The van der Waals surface area contributed by atoms with E-state index in [0.717, 1.165) is 32.4 Å². The van der Waals surface area contributed by atoms with Crippen molar-refractivity contribution in [1.29, 1.82) is 0 Å². The third-order valence-corrected chi connectivity index (χ3v) is 8.01. The van der Waals surface area contributed by atoms with Crippen LogP contribution in [0.2, 0.25) is 0 Å². The van der Waals surface area contributed by atoms with Crippen LogP contribution in [-0.2, 0) is 25.6 Å². The van der Waals surface area contributed by atoms with Gasteiger partial charge < -0.3 is 19.3 Å². The van der Waals surface area contributed by atoms with E-state index < -0.39 is 6.10 Å². The lowest BCUT2D eigenvalue weighted by Crippen LogP contribution is -2.50. The highest BCUT2D eigenvalue weighted by Crippen LogP contribution is 2.37. The number of morpholine rings is 1. The highest BCUT2D eigenvalue weighted by atomic mass is 32.1. The lowest BCUT2D eigenvalue weighted by molar-refractivity contribution is -0.140. The van der Waals surface area contributed by atoms with E-state index in [-0.39, 0.29) is 24.0 Å². The minimum atomic E-state index is -0.404. The van der Waals surface area contributed by atoms with E-state index in [4.69, 9.17) is 14.2 Å². The summed E-state index contributed by atoms with van der Waals surface area (Å²) in [5.41, 5.74) is 2.40. The number of esters is 1. The van der Waals surface area contributed by atoms with Crippen LogP contribution in [0, 0.1) is 5.92 Å². The van der Waals surface area contributed by atoms with E-state index in [1.165, 1.54) is 23.1 Å². The lowest BCUT2D eigenvalue weighted by atomic mass is 9.94. The number of rotatable bonds is 11. The quantitative estimate of drug-likeness (QED) is 0.275. The fraction of sp³-hybridized carbons (Fsp3) is 0.536. The predicted octanol–water partition coefficient (Wildman–Crippen LogP) is 4.67. The molecule has 7 heteroatoms. The van der Waals surface area contributed by atoms with Crippen LogP contribution in [-0.4, -0.2) is 67.6 Å². The average molecular weight is 500 g/mol. The zero-order chi connectivity index (χ0) is 24.5. The van der Waals surface area contributed by atoms with E-state index in [1.807, 2.05) is 6.07 Å². The maximum atomic E-state index is 11.3. The standard InChI is InChI=1S/C28H37NO5S/c1-32-27(31)12-8-3-2-7-11-23-25(18-24(30)28(23)29-13-15-33-16-14-29)34-19-21-17-26(35-20-21)22-9-5-4-6-10-22/h2,4-7,9-10,17,20,23-25,28,30H,3,8,11-16,18-19H2,1H3/t23-,24+,25-,28+/m0/s1. The van der Waals surface area contributed by atoms with Crippen LogP contribution < -0.4 is 0 Å². The number of methoxy groups -OCH3 is 1. The number of hydrogen-bond donors (Lipinski definition) is 1. The van der Waals surface area contributed by atoms with Crippen LogP contribution >= 0.6 is 11.3 Å². The van der Waals surface area contributed by atoms with E-state index >= 15 is 0 Å². The first-order chi connectivity index (χ1) is 17.2. The van der Waals surface area contributed by atoms with E-state index in [1.54, 1.807) is 11.3 Å². The molecule has 0 amide bonds. The summed E-state index contributed by atoms with van der Waals surface area (Å²) in [6.07, 6.45) is 7.50. The molecule has 1 aromatic heterocycles. The van der Waals surface area contributed by atoms with Crippen molar-refractivity contribution in [3.05, 3.63) is 59.5 Å². The first-order valence-electron chi connectivity index (χ1n) is 12.6. The van der Waals surface area contributed by atoms with Gasteiger partial charge in [-0.3, -0.25) is 9.69 Å². The summed E-state index contributed by atoms with van der Waals surface area (Å²) >= 11 is 1.74. The Hall–Kier alpha value is -2.03. The molecule has 0 unspecified atom stereocenters. The van der Waals surface area contributed by atoms with Gasteiger partial charge >= 0.3 is 5.97 Å². The van der Waals surface area contributed by atoms with Gasteiger partial charge in [-0.05, 0) is 41.8 Å². The first kappa shape index (κ1) is 26.0. The van der Waals surface area contributed by atoms with E-state index in [9.17, 15) is 9.90 Å². The lowest BCUT2D eigenvalue weighted by Gasteiger charge is -2.37. The van der Waals surface area contributed by atoms with Crippen LogP contribution in [0.5, 0.6) is 0 Å². The molecule has 2 aromatic rings. The van der Waals surface area contributed by atoms with Gasteiger partial charge in [0.2, 0.25) is 0 Å². The smallest absolute Gasteiger partial charge is 0.305 e. The number of unbranched alkanes of at least 4 members (excludes halogenated alkanes) is 1. The number of allylic oxidation sites excluding steroid dienone is 2. The number of carbonyl (C=O) groups excluding carboxylic acids is 1. The van der Waals surface area contributed by atoms with Crippen molar-refractivity contribution >= 4 is 17.3 Å². The molecule has 2 heterocycles. The second-order valence-electron chi connectivity index (χ2n) is 9.32. The predicted molar refractivity (Wildman–Crippen MR) is 138 cm³/mol. The van der Waals surface area contributed by atoms with Crippen LogP contribution in [0.3, 0.4) is 0 Å². The van der Waals surface area contributed by atoms with Gasteiger partial charge in [-0.1, -0.05) is 42.5 Å². The molecule has 1 aliphatic heterocycles. The Morgan fingerprint density at radius 1 is 1.23 bits per heavy atom. The number of hydrogen-bond acceptors (Lipinski definition) is 7. The normalized spacial score (nSPS) is 25.3. The second-order valence-corrected chi connectivity index (χ2v) is 10.2. The molecule has 1 aromatic carbocycles. The monoisotopic (exact) mass is 499 g/mol. The molecule has 0 radical (unpaired) electrons. The van der Waals surface area contributed by atoms with Gasteiger partial charge in [0.05, 0.1) is 39.1 Å². The Balaban J connectivity index is 1.37. The number of thiophene rings is 1. The molecule has 1 saturated carbocycles. The average Bonchev–Trinajstić information content (AvgIpc) is 3.49. The summed E-state index contributed by atoms with van der Waals surface area (Å²) in [6, 6.07) is 12.7. The molecule has 2 fully saturated rings. The fourth-order valence-corrected chi connectivity index (χ4v) is 6.08. The molecule has 190 valence electrons. The summed E-state index contributed by atoms with van der Waals surface area (Å²) in [7, 11) is 1.42. The highest BCUT2D eigenvalue weighted by Gasteiger charge is 2.45. The number of nitrogens with zero attached hydrogens (tertiary/aromatic N) is 1. The van der Waals surface area contributed by atoms with Crippen molar-refractivity contribution < 1.29 is 24.1 Å². The van der Waals surface area contributed by atoms with Crippen LogP contribution in [0.25, 0.3) is 10.4 Å². The third kappa shape index (κ3) is 7.24. The molecule has 2 aliphatic rings. The number of aliphatic hydroxyl groups excluding tert-OH is 1. The molecule has 0 spiro atoms. The summed E-state index contributed by atoms with van der Waals surface area (Å²) in [4.78, 5) is 14.9. The SMILES string of the molecule is COC(=O)CCCC=CC[C@@H]1[C@@H](N2CCOCC2)[C@H](O)C[C@@H]1OCc1csc(-c2ccccc2)c1. The van der Waals surface area contributed by atoms with Crippen molar-refractivity contribution in [2.45, 2.75) is 57.0 Å². The first-order valence-corrected chi connectivity index (χ1v) is 13.5. The van der Waals surface area contributed by atoms with Gasteiger partial charge in [0.25, 0.3) is 0 Å². The Morgan fingerprint density at radius 2 is 2.03 bits per heavy atom. The zero-order valence-electron chi connectivity index (χ0n) is 20.5. The maximum Gasteiger partial charge on any atom is 0.305 e. The van der Waals surface area contributed by atoms with Gasteiger partial charge in [-0.2, -0.15) is 0 Å². The molecule has 0 bridgehead atoms. The Kier molecular flexibility index (Phi) is 9.92. The van der Waals surface area contributed by atoms with Gasteiger partial charge in [0, 0.05) is 42.8 Å². The van der Waals surface area contributed by atoms with Crippen molar-refractivity contribution in [3.8, 4) is 10.4 Å². The topological polar surface area (TPSA) is 68.2 Å². The number of aliphatic hydroxyl groups is 1. The largest absolute Gasteiger partial charge is 0.469 e. The summed E-state index contributed by atoms with van der Waals surface area (Å²) in [5, 5.41) is 13.2. The molecule has 4 rings (SSSR count). The summed E-state index contributed by atoms with van der Waals surface area (Å²) in [6.45, 7) is 3.66. The van der Waals surface area contributed by atoms with Crippen LogP contribution in [0.15, 0.2) is 53.9 Å². The van der Waals surface area contributed by atoms with Crippen molar-refractivity contribution in [1.82, 2.24) is 4.90 Å². The maximum absolute atomic E-state index is 11.3. The Morgan fingerprint density at radius 3 is 2.80 bits per heavy atom. The molecule has 1 saturated heterocycles.